The van der Waals surface area contributed by atoms with Crippen molar-refractivity contribution < 1.29 is 13.5 Å². The van der Waals surface area contributed by atoms with E-state index >= 15 is 0 Å². The third-order valence-electron chi connectivity index (χ3n) is 1.89. The van der Waals surface area contributed by atoms with Crippen molar-refractivity contribution in [2.45, 2.75) is 20.3 Å². The maximum atomic E-state index is 11.4. The number of benzene rings is 1. The molecule has 0 aliphatic rings. The molecule has 0 unspecified atom stereocenters. The molecule has 1 rings (SSSR count). The highest BCUT2D eigenvalue weighted by atomic mass is 32.2. The molecular weight excluding hydrogens is 214 g/mol. The Morgan fingerprint density at radius 1 is 1.40 bits per heavy atom. The summed E-state index contributed by atoms with van der Waals surface area (Å²) in [6.07, 6.45) is 0.544. The topological polar surface area (TPSA) is 66.4 Å². The molecule has 0 saturated heterocycles. The Hall–Kier alpha value is -1.23. The van der Waals surface area contributed by atoms with Crippen molar-refractivity contribution in [1.82, 2.24) is 0 Å². The highest BCUT2D eigenvalue weighted by Crippen LogP contribution is 2.24. The van der Waals surface area contributed by atoms with Crippen LogP contribution >= 0.6 is 0 Å². The summed E-state index contributed by atoms with van der Waals surface area (Å²) in [7, 11) is -3.33. The molecule has 15 heavy (non-hydrogen) atoms. The Morgan fingerprint density at radius 3 is 2.67 bits per heavy atom. The normalized spacial score (nSPS) is 11.3. The van der Waals surface area contributed by atoms with Crippen LogP contribution in [0.5, 0.6) is 5.75 Å². The molecule has 84 valence electrons. The molecule has 0 aromatic heterocycles. The maximum absolute atomic E-state index is 11.4. The van der Waals surface area contributed by atoms with Crippen LogP contribution in [0.25, 0.3) is 0 Å². The van der Waals surface area contributed by atoms with E-state index < -0.39 is 10.0 Å². The van der Waals surface area contributed by atoms with Crippen LogP contribution in [0.4, 0.5) is 5.69 Å². The fourth-order valence-corrected chi connectivity index (χ4v) is 2.36. The molecule has 0 bridgehead atoms. The standard InChI is InChI=1S/C10H15NO3S/c1-3-6-15(13,14)11-9-7-8(2)4-5-10(9)12/h4-5,7,11-12H,3,6H2,1-2H3. The van der Waals surface area contributed by atoms with E-state index in [9.17, 15) is 13.5 Å². The van der Waals surface area contributed by atoms with Gasteiger partial charge in [-0.2, -0.15) is 0 Å². The molecule has 0 saturated carbocycles. The molecule has 0 aliphatic heterocycles. The van der Waals surface area contributed by atoms with E-state index in [-0.39, 0.29) is 17.2 Å². The Kier molecular flexibility index (Phi) is 3.57. The smallest absolute Gasteiger partial charge is 0.232 e. The molecule has 2 N–H and O–H groups in total. The van der Waals surface area contributed by atoms with Crippen LogP contribution in [0.1, 0.15) is 18.9 Å². The number of hydrogen-bond donors (Lipinski definition) is 2. The molecule has 0 fully saturated rings. The van der Waals surface area contributed by atoms with Gasteiger partial charge in [-0.15, -0.1) is 0 Å². The number of hydrogen-bond acceptors (Lipinski definition) is 3. The van der Waals surface area contributed by atoms with Crippen molar-refractivity contribution in [3.8, 4) is 5.75 Å². The number of rotatable bonds is 4. The van der Waals surface area contributed by atoms with Gasteiger partial charge in [0.25, 0.3) is 0 Å². The van der Waals surface area contributed by atoms with Gasteiger partial charge in [0.15, 0.2) is 0 Å². The van der Waals surface area contributed by atoms with Crippen LogP contribution in [0.2, 0.25) is 0 Å². The van der Waals surface area contributed by atoms with Gasteiger partial charge in [-0.05, 0) is 31.0 Å². The van der Waals surface area contributed by atoms with Crippen molar-refractivity contribution in [2.75, 3.05) is 10.5 Å². The minimum atomic E-state index is -3.33. The third-order valence-corrected chi connectivity index (χ3v) is 3.37. The van der Waals surface area contributed by atoms with Crippen LogP contribution in [-0.4, -0.2) is 19.3 Å². The van der Waals surface area contributed by atoms with E-state index in [1.807, 2.05) is 6.92 Å². The van der Waals surface area contributed by atoms with Crippen molar-refractivity contribution in [1.29, 1.82) is 0 Å². The van der Waals surface area contributed by atoms with Gasteiger partial charge in [0.1, 0.15) is 5.75 Å². The van der Waals surface area contributed by atoms with Gasteiger partial charge in [0, 0.05) is 0 Å². The summed E-state index contributed by atoms with van der Waals surface area (Å²) in [5.74, 6) is 0.000636. The Bertz CT molecular complexity index is 440. The summed E-state index contributed by atoms with van der Waals surface area (Å²) in [5, 5.41) is 9.44. The van der Waals surface area contributed by atoms with Crippen LogP contribution in [0.3, 0.4) is 0 Å². The van der Waals surface area contributed by atoms with E-state index in [0.717, 1.165) is 5.56 Å². The second kappa shape index (κ2) is 4.53. The van der Waals surface area contributed by atoms with E-state index in [0.29, 0.717) is 6.42 Å². The molecule has 0 spiro atoms. The SMILES string of the molecule is CCCS(=O)(=O)Nc1cc(C)ccc1O. The maximum Gasteiger partial charge on any atom is 0.232 e. The number of aromatic hydroxyl groups is 1. The minimum absolute atomic E-state index is 0.0553. The highest BCUT2D eigenvalue weighted by molar-refractivity contribution is 7.92. The number of anilines is 1. The molecule has 1 aromatic carbocycles. The highest BCUT2D eigenvalue weighted by Gasteiger charge is 2.11. The molecule has 1 aromatic rings. The summed E-state index contributed by atoms with van der Waals surface area (Å²) >= 11 is 0. The first-order chi connectivity index (χ1) is 6.94. The van der Waals surface area contributed by atoms with Crippen molar-refractivity contribution in [3.05, 3.63) is 23.8 Å². The Labute approximate surface area is 90.0 Å². The van der Waals surface area contributed by atoms with Crippen LogP contribution in [0, 0.1) is 6.92 Å². The first kappa shape index (κ1) is 11.8. The monoisotopic (exact) mass is 229 g/mol. The third kappa shape index (κ3) is 3.43. The van der Waals surface area contributed by atoms with E-state index in [4.69, 9.17) is 0 Å². The summed E-state index contributed by atoms with van der Waals surface area (Å²) in [6, 6.07) is 4.79. The number of sulfonamides is 1. The lowest BCUT2D eigenvalue weighted by molar-refractivity contribution is 0.477. The summed E-state index contributed by atoms with van der Waals surface area (Å²) in [4.78, 5) is 0. The van der Waals surface area contributed by atoms with Crippen molar-refractivity contribution >= 4 is 15.7 Å². The van der Waals surface area contributed by atoms with Gasteiger partial charge in [-0.25, -0.2) is 8.42 Å². The zero-order valence-corrected chi connectivity index (χ0v) is 9.63. The zero-order valence-electron chi connectivity index (χ0n) is 8.82. The summed E-state index contributed by atoms with van der Waals surface area (Å²) in [5.41, 5.74) is 1.13. The number of nitrogens with one attached hydrogen (secondary N) is 1. The molecule has 0 amide bonds. The Morgan fingerprint density at radius 2 is 2.07 bits per heavy atom. The predicted molar refractivity (Wildman–Crippen MR) is 60.5 cm³/mol. The second-order valence-electron chi connectivity index (χ2n) is 3.44. The van der Waals surface area contributed by atoms with Gasteiger partial charge < -0.3 is 5.11 Å². The minimum Gasteiger partial charge on any atom is -0.506 e. The van der Waals surface area contributed by atoms with Crippen LogP contribution in [0.15, 0.2) is 18.2 Å². The van der Waals surface area contributed by atoms with Gasteiger partial charge in [-0.3, -0.25) is 4.72 Å². The number of aryl methyl sites for hydroxylation is 1. The molecule has 0 heterocycles. The molecule has 5 heteroatoms. The second-order valence-corrected chi connectivity index (χ2v) is 5.28. The average Bonchev–Trinajstić information content (AvgIpc) is 2.10. The quantitative estimate of drug-likeness (QED) is 0.774. The number of phenolic OH excluding ortho intramolecular Hbond substituents is 1. The zero-order chi connectivity index (χ0) is 11.5. The van der Waals surface area contributed by atoms with Gasteiger partial charge in [-0.1, -0.05) is 13.0 Å². The summed E-state index contributed by atoms with van der Waals surface area (Å²) < 4.78 is 25.2. The van der Waals surface area contributed by atoms with Gasteiger partial charge >= 0.3 is 0 Å². The first-order valence-electron chi connectivity index (χ1n) is 4.74. The number of phenols is 1. The Balaban J connectivity index is 2.94. The average molecular weight is 229 g/mol. The van der Waals surface area contributed by atoms with E-state index in [2.05, 4.69) is 4.72 Å². The largest absolute Gasteiger partial charge is 0.506 e. The fourth-order valence-electron chi connectivity index (χ4n) is 1.22. The lowest BCUT2D eigenvalue weighted by Gasteiger charge is -2.09. The molecule has 4 nitrogen and oxygen atoms in total. The van der Waals surface area contributed by atoms with Crippen molar-refractivity contribution in [2.24, 2.45) is 0 Å². The van der Waals surface area contributed by atoms with Gasteiger partial charge in [0.2, 0.25) is 10.0 Å². The van der Waals surface area contributed by atoms with Crippen LogP contribution < -0.4 is 4.72 Å². The van der Waals surface area contributed by atoms with Crippen molar-refractivity contribution in [3.63, 3.8) is 0 Å². The first-order valence-corrected chi connectivity index (χ1v) is 6.40. The molecule has 0 radical (unpaired) electrons. The van der Waals surface area contributed by atoms with E-state index in [1.54, 1.807) is 19.1 Å². The van der Waals surface area contributed by atoms with E-state index in [1.165, 1.54) is 6.07 Å². The molecular formula is C10H15NO3S. The fraction of sp³-hybridized carbons (Fsp3) is 0.400. The predicted octanol–water partition coefficient (Wildman–Crippen LogP) is 1.85. The lowest BCUT2D eigenvalue weighted by Crippen LogP contribution is -2.16. The summed E-state index contributed by atoms with van der Waals surface area (Å²) in [6.45, 7) is 3.62. The van der Waals surface area contributed by atoms with Gasteiger partial charge in [0.05, 0.1) is 11.4 Å². The molecule has 0 atom stereocenters. The lowest BCUT2D eigenvalue weighted by atomic mass is 10.2. The molecule has 0 aliphatic carbocycles. The van der Waals surface area contributed by atoms with Crippen LogP contribution in [-0.2, 0) is 10.0 Å².